The number of allylic oxidation sites excluding steroid dienone is 2. The zero-order valence-corrected chi connectivity index (χ0v) is 30.1. The molecule has 0 N–H and O–H groups in total. The second kappa shape index (κ2) is 12.8. The maximum atomic E-state index is 14.6. The van der Waals surface area contributed by atoms with Crippen LogP contribution in [-0.4, -0.2) is 4.57 Å². The molecule has 3 nitrogen and oxygen atoms in total. The van der Waals surface area contributed by atoms with Gasteiger partial charge in [0.2, 0.25) is 0 Å². The van der Waals surface area contributed by atoms with Crippen molar-refractivity contribution >= 4 is 86.8 Å². The molecule has 3 heterocycles. The van der Waals surface area contributed by atoms with Gasteiger partial charge in [0, 0.05) is 18.8 Å². The molecule has 1 aromatic heterocycles. The molecule has 0 amide bonds. The van der Waals surface area contributed by atoms with Gasteiger partial charge in [0.15, 0.2) is 4.80 Å². The van der Waals surface area contributed by atoms with E-state index in [1.54, 1.807) is 23.5 Å². The monoisotopic (exact) mass is 780 g/mol. The summed E-state index contributed by atoms with van der Waals surface area (Å²) in [4.78, 5) is 23.0. The second-order valence-electron chi connectivity index (χ2n) is 11.3. The molecule has 0 fully saturated rings. The fraction of sp³-hybridized carbons (Fsp3) is 0.105. The fourth-order valence-electron chi connectivity index (χ4n) is 6.23. The van der Waals surface area contributed by atoms with E-state index in [0.29, 0.717) is 0 Å². The van der Waals surface area contributed by atoms with Crippen molar-refractivity contribution in [1.82, 2.24) is 4.57 Å². The summed E-state index contributed by atoms with van der Waals surface area (Å²) in [5.41, 5.74) is 8.10. The largest absolute Gasteiger partial charge is 0.272 e. The average Bonchev–Trinajstić information content (AvgIpc) is 3.68. The summed E-state index contributed by atoms with van der Waals surface area (Å²) < 4.78 is 5.82. The van der Waals surface area contributed by atoms with Crippen molar-refractivity contribution in [2.75, 3.05) is 0 Å². The molecule has 3 aliphatic rings. The molecule has 5 aromatic rings. The highest BCUT2D eigenvalue weighted by atomic mass is 79.9. The Bertz CT molecular complexity index is 2200. The lowest BCUT2D eigenvalue weighted by molar-refractivity contribution is 0.553. The summed E-state index contributed by atoms with van der Waals surface area (Å²) >= 11 is 12.1. The summed E-state index contributed by atoms with van der Waals surface area (Å²) in [6.45, 7) is 0. The molecule has 1 atom stereocenters. The first-order valence-corrected chi connectivity index (χ1v) is 19.1. The molecule has 46 heavy (non-hydrogen) atoms. The van der Waals surface area contributed by atoms with E-state index < -0.39 is 0 Å². The number of thioether (sulfide) groups is 2. The smallest absolute Gasteiger partial charge is 0.272 e. The van der Waals surface area contributed by atoms with Crippen LogP contribution in [0.5, 0.6) is 0 Å². The zero-order chi connectivity index (χ0) is 31.2. The van der Waals surface area contributed by atoms with Gasteiger partial charge in [0.05, 0.1) is 16.0 Å². The van der Waals surface area contributed by atoms with Crippen LogP contribution in [-0.2, 0) is 0 Å². The SMILES string of the molecule is O=c1c(=C2SC(c3ccccc3)=C(c3ccccc3)S2)sc2n1[C@@H](c1ccc(Br)cc1)C1=C(N=2)/C(=C/c2ccc(Br)cc2)CCC1. The molecule has 226 valence electrons. The Morgan fingerprint density at radius 3 is 1.93 bits per heavy atom. The Balaban J connectivity index is 1.32. The number of halogens is 2. The standard InChI is InChI=1S/C38H26Br2N2OS3/c39-28-18-14-23(15-19-28)22-27-12-7-13-30-31(27)41-38-42(32(30)24-16-20-29(40)21-17-24)36(43)35(46-38)37-44-33(25-8-3-1-4-9-25)34(45-37)26-10-5-2-6-11-26/h1-6,8-11,14-22,32H,7,12-13H2/b27-22+/t32-/m0/s1. The minimum atomic E-state index is -0.200. The molecule has 0 radical (unpaired) electrons. The van der Waals surface area contributed by atoms with Crippen LogP contribution in [0.4, 0.5) is 0 Å². The highest BCUT2D eigenvalue weighted by Crippen LogP contribution is 2.57. The zero-order valence-electron chi connectivity index (χ0n) is 24.5. The van der Waals surface area contributed by atoms with E-state index >= 15 is 0 Å². The Hall–Kier alpha value is -3.14. The highest BCUT2D eigenvalue weighted by molar-refractivity contribution is 9.10. The highest BCUT2D eigenvalue weighted by Gasteiger charge is 2.34. The van der Waals surface area contributed by atoms with Crippen LogP contribution in [0.3, 0.4) is 0 Å². The molecular formula is C38H26Br2N2OS3. The molecule has 4 aromatic carbocycles. The number of rotatable bonds is 4. The maximum absolute atomic E-state index is 14.6. The van der Waals surface area contributed by atoms with Crippen molar-refractivity contribution in [3.8, 4) is 0 Å². The molecule has 8 rings (SSSR count). The molecule has 0 saturated heterocycles. The summed E-state index contributed by atoms with van der Waals surface area (Å²) in [7, 11) is 0. The predicted molar refractivity (Wildman–Crippen MR) is 203 cm³/mol. The number of aromatic nitrogens is 1. The van der Waals surface area contributed by atoms with Gasteiger partial charge in [-0.15, -0.1) is 0 Å². The number of benzene rings is 4. The van der Waals surface area contributed by atoms with Crippen molar-refractivity contribution in [3.63, 3.8) is 0 Å². The Kier molecular flexibility index (Phi) is 8.41. The third-order valence-electron chi connectivity index (χ3n) is 8.36. The van der Waals surface area contributed by atoms with Crippen LogP contribution in [0.15, 0.2) is 145 Å². The van der Waals surface area contributed by atoms with Crippen LogP contribution in [0.1, 0.15) is 47.6 Å². The number of nitrogens with zero attached hydrogens (tertiary/aromatic N) is 2. The first-order chi connectivity index (χ1) is 22.5. The lowest BCUT2D eigenvalue weighted by Crippen LogP contribution is -2.39. The summed E-state index contributed by atoms with van der Waals surface area (Å²) in [5.74, 6) is 0. The Morgan fingerprint density at radius 1 is 0.739 bits per heavy atom. The molecule has 8 heteroatoms. The van der Waals surface area contributed by atoms with Gasteiger partial charge in [-0.1, -0.05) is 152 Å². The van der Waals surface area contributed by atoms with Crippen molar-refractivity contribution in [3.05, 3.63) is 177 Å². The first kappa shape index (κ1) is 30.2. The normalized spacial score (nSPS) is 18.5. The summed E-state index contributed by atoms with van der Waals surface area (Å²) in [6, 6.07) is 37.6. The Morgan fingerprint density at radius 2 is 1.33 bits per heavy atom. The van der Waals surface area contributed by atoms with Crippen molar-refractivity contribution in [2.24, 2.45) is 4.99 Å². The molecule has 0 unspecified atom stereocenters. The van der Waals surface area contributed by atoms with Gasteiger partial charge in [-0.05, 0) is 83.0 Å². The average molecular weight is 783 g/mol. The van der Waals surface area contributed by atoms with E-state index in [-0.39, 0.29) is 11.6 Å². The molecule has 1 aliphatic carbocycles. The van der Waals surface area contributed by atoms with E-state index in [2.05, 4.69) is 135 Å². The van der Waals surface area contributed by atoms with Crippen molar-refractivity contribution < 1.29 is 0 Å². The van der Waals surface area contributed by atoms with Gasteiger partial charge >= 0.3 is 0 Å². The molecule has 0 spiro atoms. The molecular weight excluding hydrogens is 756 g/mol. The third-order valence-corrected chi connectivity index (χ3v) is 13.4. The van der Waals surface area contributed by atoms with Crippen LogP contribution in [0.25, 0.3) is 20.1 Å². The first-order valence-electron chi connectivity index (χ1n) is 15.0. The number of hydrogen-bond acceptors (Lipinski definition) is 5. The predicted octanol–water partition coefficient (Wildman–Crippen LogP) is 10.3. The lowest BCUT2D eigenvalue weighted by Gasteiger charge is -2.31. The van der Waals surface area contributed by atoms with Gasteiger partial charge in [0.25, 0.3) is 5.56 Å². The quantitative estimate of drug-likeness (QED) is 0.182. The Labute approximate surface area is 296 Å². The van der Waals surface area contributed by atoms with Gasteiger partial charge in [-0.2, -0.15) is 0 Å². The number of hydrogen-bond donors (Lipinski definition) is 0. The van der Waals surface area contributed by atoms with E-state index in [0.717, 1.165) is 69.7 Å². The van der Waals surface area contributed by atoms with Crippen LogP contribution >= 0.6 is 66.7 Å². The van der Waals surface area contributed by atoms with E-state index in [9.17, 15) is 4.79 Å². The fourth-order valence-corrected chi connectivity index (χ4v) is 10.7. The molecule has 0 bridgehead atoms. The van der Waals surface area contributed by atoms with Crippen LogP contribution in [0, 0.1) is 0 Å². The van der Waals surface area contributed by atoms with Gasteiger partial charge in [0.1, 0.15) is 4.53 Å². The lowest BCUT2D eigenvalue weighted by atomic mass is 9.84. The van der Waals surface area contributed by atoms with Gasteiger partial charge in [-0.3, -0.25) is 9.36 Å². The van der Waals surface area contributed by atoms with Gasteiger partial charge in [-0.25, -0.2) is 4.99 Å². The topological polar surface area (TPSA) is 34.4 Å². The maximum Gasteiger partial charge on any atom is 0.272 e. The summed E-state index contributed by atoms with van der Waals surface area (Å²) in [6.07, 6.45) is 5.16. The molecule has 0 saturated carbocycles. The van der Waals surface area contributed by atoms with E-state index in [1.165, 1.54) is 32.3 Å². The third kappa shape index (κ3) is 5.69. The van der Waals surface area contributed by atoms with Crippen molar-refractivity contribution in [2.45, 2.75) is 25.3 Å². The van der Waals surface area contributed by atoms with Crippen LogP contribution in [0.2, 0.25) is 0 Å². The number of fused-ring (bicyclic) bond motifs is 1. The van der Waals surface area contributed by atoms with Crippen molar-refractivity contribution in [1.29, 1.82) is 0 Å². The van der Waals surface area contributed by atoms with E-state index in [1.807, 2.05) is 16.7 Å². The summed E-state index contributed by atoms with van der Waals surface area (Å²) in [5, 5.41) is 0. The van der Waals surface area contributed by atoms with Gasteiger partial charge < -0.3 is 0 Å². The number of thiazole rings is 1. The van der Waals surface area contributed by atoms with Crippen LogP contribution < -0.4 is 14.9 Å². The van der Waals surface area contributed by atoms with E-state index in [4.69, 9.17) is 4.99 Å². The second-order valence-corrected chi connectivity index (χ2v) is 16.4. The minimum absolute atomic E-state index is 0.0314. The molecule has 2 aliphatic heterocycles. The minimum Gasteiger partial charge on any atom is -0.272 e.